The van der Waals surface area contributed by atoms with E-state index in [1.165, 1.54) is 42.5 Å². The van der Waals surface area contributed by atoms with Crippen molar-refractivity contribution in [3.63, 3.8) is 0 Å². The summed E-state index contributed by atoms with van der Waals surface area (Å²) in [5.41, 5.74) is 0.835. The van der Waals surface area contributed by atoms with Crippen LogP contribution in [0.4, 0.5) is 25.8 Å². The highest BCUT2D eigenvalue weighted by atomic mass is 19.3. The van der Waals surface area contributed by atoms with E-state index in [2.05, 4.69) is 10.1 Å². The molecule has 10 heteroatoms. The molecule has 0 aliphatic carbocycles. The zero-order valence-corrected chi connectivity index (χ0v) is 14.6. The number of morpholine rings is 1. The van der Waals surface area contributed by atoms with Gasteiger partial charge in [-0.25, -0.2) is 0 Å². The molecule has 2 aromatic rings. The van der Waals surface area contributed by atoms with Gasteiger partial charge in [0.2, 0.25) is 0 Å². The van der Waals surface area contributed by atoms with Gasteiger partial charge in [-0.2, -0.15) is 8.78 Å². The van der Waals surface area contributed by atoms with Crippen LogP contribution in [0.1, 0.15) is 10.4 Å². The first-order valence-electron chi connectivity index (χ1n) is 8.41. The van der Waals surface area contributed by atoms with Gasteiger partial charge in [-0.3, -0.25) is 14.9 Å². The SMILES string of the molecule is O=C(Nc1ccc(OC(F)F)cc1)c1cc([N+](=O)[O-])ccc1N1CCOCC1. The Hall–Kier alpha value is -3.27. The molecule has 1 saturated heterocycles. The third-order valence-electron chi connectivity index (χ3n) is 4.12. The van der Waals surface area contributed by atoms with Crippen LogP contribution in [0, 0.1) is 10.1 Å². The molecule has 1 heterocycles. The number of non-ortho nitro benzene ring substituents is 1. The molecule has 3 rings (SSSR count). The second-order valence-corrected chi connectivity index (χ2v) is 5.91. The number of hydrogen-bond acceptors (Lipinski definition) is 6. The molecule has 148 valence electrons. The van der Waals surface area contributed by atoms with Crippen molar-refractivity contribution in [1.29, 1.82) is 0 Å². The zero-order chi connectivity index (χ0) is 20.1. The molecule has 0 spiro atoms. The van der Waals surface area contributed by atoms with Crippen LogP contribution in [0.2, 0.25) is 0 Å². The summed E-state index contributed by atoms with van der Waals surface area (Å²) >= 11 is 0. The highest BCUT2D eigenvalue weighted by Crippen LogP contribution is 2.27. The minimum atomic E-state index is -2.94. The lowest BCUT2D eigenvalue weighted by Gasteiger charge is -2.30. The maximum Gasteiger partial charge on any atom is 0.387 e. The Labute approximate surface area is 158 Å². The maximum absolute atomic E-state index is 12.8. The fraction of sp³-hybridized carbons (Fsp3) is 0.278. The number of halogens is 2. The fourth-order valence-electron chi connectivity index (χ4n) is 2.82. The van der Waals surface area contributed by atoms with E-state index in [1.807, 2.05) is 4.90 Å². The molecule has 2 aromatic carbocycles. The van der Waals surface area contributed by atoms with Crippen LogP contribution >= 0.6 is 0 Å². The van der Waals surface area contributed by atoms with Crippen molar-refractivity contribution < 1.29 is 28.0 Å². The van der Waals surface area contributed by atoms with Crippen LogP contribution in [0.5, 0.6) is 5.75 Å². The molecule has 1 fully saturated rings. The molecule has 0 unspecified atom stereocenters. The Kier molecular flexibility index (Phi) is 5.99. The summed E-state index contributed by atoms with van der Waals surface area (Å²) in [5, 5.41) is 13.7. The minimum absolute atomic E-state index is 0.0441. The Morgan fingerprint density at radius 2 is 1.86 bits per heavy atom. The third-order valence-corrected chi connectivity index (χ3v) is 4.12. The lowest BCUT2D eigenvalue weighted by molar-refractivity contribution is -0.384. The molecule has 1 N–H and O–H groups in total. The zero-order valence-electron chi connectivity index (χ0n) is 14.6. The predicted molar refractivity (Wildman–Crippen MR) is 97.2 cm³/mol. The van der Waals surface area contributed by atoms with Crippen LogP contribution in [-0.4, -0.2) is 43.7 Å². The smallest absolute Gasteiger partial charge is 0.387 e. The number of rotatable bonds is 6. The Morgan fingerprint density at radius 1 is 1.18 bits per heavy atom. The van der Waals surface area contributed by atoms with E-state index in [-0.39, 0.29) is 17.0 Å². The van der Waals surface area contributed by atoms with E-state index in [0.29, 0.717) is 37.7 Å². The van der Waals surface area contributed by atoms with E-state index < -0.39 is 17.4 Å². The molecule has 0 bridgehead atoms. The summed E-state index contributed by atoms with van der Waals surface area (Å²) in [6.07, 6.45) is 0. The minimum Gasteiger partial charge on any atom is -0.435 e. The van der Waals surface area contributed by atoms with Crippen LogP contribution in [-0.2, 0) is 4.74 Å². The van der Waals surface area contributed by atoms with Gasteiger partial charge in [0.05, 0.1) is 29.4 Å². The second-order valence-electron chi connectivity index (χ2n) is 5.91. The van der Waals surface area contributed by atoms with Gasteiger partial charge in [-0.05, 0) is 30.3 Å². The highest BCUT2D eigenvalue weighted by Gasteiger charge is 2.22. The van der Waals surface area contributed by atoms with Gasteiger partial charge >= 0.3 is 6.61 Å². The standard InChI is InChI=1S/C18H17F2N3O5/c19-18(20)28-14-4-1-12(2-5-14)21-17(24)15-11-13(23(25)26)3-6-16(15)22-7-9-27-10-8-22/h1-6,11,18H,7-10H2,(H,21,24). The topological polar surface area (TPSA) is 93.9 Å². The number of nitrogens with zero attached hydrogens (tertiary/aromatic N) is 2. The highest BCUT2D eigenvalue weighted by molar-refractivity contribution is 6.08. The number of nitro groups is 1. The van der Waals surface area contributed by atoms with E-state index in [9.17, 15) is 23.7 Å². The van der Waals surface area contributed by atoms with Crippen molar-refractivity contribution in [3.8, 4) is 5.75 Å². The number of carbonyl (C=O) groups is 1. The van der Waals surface area contributed by atoms with E-state index in [1.54, 1.807) is 0 Å². The summed E-state index contributed by atoms with van der Waals surface area (Å²) in [4.78, 5) is 25.2. The van der Waals surface area contributed by atoms with E-state index in [4.69, 9.17) is 4.74 Å². The van der Waals surface area contributed by atoms with Gasteiger partial charge < -0.3 is 19.7 Å². The summed E-state index contributed by atoms with van der Waals surface area (Å²) in [6.45, 7) is -0.857. The number of nitrogens with one attached hydrogen (secondary N) is 1. The molecule has 0 aromatic heterocycles. The number of nitro benzene ring substituents is 1. The number of anilines is 2. The fourth-order valence-corrected chi connectivity index (χ4v) is 2.82. The molecule has 8 nitrogen and oxygen atoms in total. The van der Waals surface area contributed by atoms with Gasteiger partial charge in [0, 0.05) is 30.9 Å². The summed E-state index contributed by atoms with van der Waals surface area (Å²) in [6, 6.07) is 9.49. The van der Waals surface area contributed by atoms with Crippen molar-refractivity contribution in [2.75, 3.05) is 36.5 Å². The van der Waals surface area contributed by atoms with Gasteiger partial charge in [0.1, 0.15) is 5.75 Å². The quantitative estimate of drug-likeness (QED) is 0.598. The molecule has 1 amide bonds. The van der Waals surface area contributed by atoms with Gasteiger partial charge in [0.15, 0.2) is 0 Å². The van der Waals surface area contributed by atoms with Crippen molar-refractivity contribution in [1.82, 2.24) is 0 Å². The monoisotopic (exact) mass is 393 g/mol. The maximum atomic E-state index is 12.8. The number of carbonyl (C=O) groups excluding carboxylic acids is 1. The largest absolute Gasteiger partial charge is 0.435 e. The predicted octanol–water partition coefficient (Wildman–Crippen LogP) is 3.29. The first-order valence-corrected chi connectivity index (χ1v) is 8.41. The molecular formula is C18H17F2N3O5. The molecule has 0 radical (unpaired) electrons. The molecule has 1 aliphatic heterocycles. The molecule has 0 atom stereocenters. The summed E-state index contributed by atoms with van der Waals surface area (Å²) in [7, 11) is 0. The van der Waals surface area contributed by atoms with Crippen molar-refractivity contribution in [2.45, 2.75) is 6.61 Å². The number of amides is 1. The average Bonchev–Trinajstić information content (AvgIpc) is 2.69. The molecular weight excluding hydrogens is 376 g/mol. The number of benzene rings is 2. The van der Waals surface area contributed by atoms with Crippen LogP contribution in [0.3, 0.4) is 0 Å². The van der Waals surface area contributed by atoms with Gasteiger partial charge in [0.25, 0.3) is 11.6 Å². The first kappa shape index (κ1) is 19.5. The van der Waals surface area contributed by atoms with Gasteiger partial charge in [-0.15, -0.1) is 0 Å². The number of alkyl halides is 2. The Bertz CT molecular complexity index is 855. The Morgan fingerprint density at radius 3 is 2.46 bits per heavy atom. The third kappa shape index (κ3) is 4.71. The Balaban J connectivity index is 1.84. The molecule has 1 aliphatic rings. The van der Waals surface area contributed by atoms with Crippen molar-refractivity contribution in [2.24, 2.45) is 0 Å². The molecule has 28 heavy (non-hydrogen) atoms. The van der Waals surface area contributed by atoms with E-state index >= 15 is 0 Å². The number of hydrogen-bond donors (Lipinski definition) is 1. The van der Waals surface area contributed by atoms with Crippen LogP contribution in [0.15, 0.2) is 42.5 Å². The summed E-state index contributed by atoms with van der Waals surface area (Å²) in [5.74, 6) is -0.593. The van der Waals surface area contributed by atoms with Crippen molar-refractivity contribution >= 4 is 23.0 Å². The van der Waals surface area contributed by atoms with Gasteiger partial charge in [-0.1, -0.05) is 0 Å². The lowest BCUT2D eigenvalue weighted by Crippen LogP contribution is -2.37. The average molecular weight is 393 g/mol. The second kappa shape index (κ2) is 8.61. The molecule has 0 saturated carbocycles. The van der Waals surface area contributed by atoms with Crippen molar-refractivity contribution in [3.05, 3.63) is 58.1 Å². The lowest BCUT2D eigenvalue weighted by atomic mass is 10.1. The summed E-state index contributed by atoms with van der Waals surface area (Å²) < 4.78 is 34.0. The van der Waals surface area contributed by atoms with E-state index in [0.717, 1.165) is 0 Å². The van der Waals surface area contributed by atoms with Crippen LogP contribution < -0.4 is 15.0 Å². The van der Waals surface area contributed by atoms with Crippen LogP contribution in [0.25, 0.3) is 0 Å². The normalized spacial score (nSPS) is 14.0. The first-order chi connectivity index (χ1) is 13.4. The number of ether oxygens (including phenoxy) is 2.